The zero-order valence-corrected chi connectivity index (χ0v) is 35.8. The van der Waals surface area contributed by atoms with Crippen LogP contribution in [0.5, 0.6) is 0 Å². The average Bonchev–Trinajstić information content (AvgIpc) is 3.86. The van der Waals surface area contributed by atoms with Gasteiger partial charge < -0.3 is 26.0 Å². The number of H-pyrrole nitrogens is 1. The molecule has 2 aromatic carbocycles. The second-order valence-electron chi connectivity index (χ2n) is 9.36. The Balaban J connectivity index is -0.000000170. The summed E-state index contributed by atoms with van der Waals surface area (Å²) in [5.74, 6) is 0.522. The number of ether oxygens (including phenoxy) is 1. The minimum absolute atomic E-state index is 0. The van der Waals surface area contributed by atoms with Gasteiger partial charge >= 0.3 is 56.7 Å². The number of nitrogens with zero attached hydrogens (tertiary/aromatic N) is 5. The van der Waals surface area contributed by atoms with E-state index in [1.54, 1.807) is 24.3 Å². The number of carbonyl (C=O) groups is 2. The summed E-state index contributed by atoms with van der Waals surface area (Å²) in [6.07, 6.45) is 18.8. The molecule has 4 rings (SSSR count). The predicted molar refractivity (Wildman–Crippen MR) is 202 cm³/mol. The van der Waals surface area contributed by atoms with Crippen LogP contribution in [-0.4, -0.2) is 96.2 Å². The van der Waals surface area contributed by atoms with E-state index in [1.165, 1.54) is 79.0 Å². The van der Waals surface area contributed by atoms with Crippen molar-refractivity contribution in [2.24, 2.45) is 0 Å². The molecule has 2 heterocycles. The Bertz CT molecular complexity index is 1250. The summed E-state index contributed by atoms with van der Waals surface area (Å²) in [4.78, 5) is 22.4. The molecule has 1 aliphatic heterocycles. The van der Waals surface area contributed by atoms with Crippen molar-refractivity contribution >= 4 is 36.2 Å². The molecule has 3 aromatic rings. The number of hydrogen-bond donors (Lipinski definition) is 3. The molecule has 11 nitrogen and oxygen atoms in total. The second kappa shape index (κ2) is 39.5. The van der Waals surface area contributed by atoms with E-state index >= 15 is 0 Å². The fraction of sp³-hybridized carbons (Fsp3) is 0.471. The van der Waals surface area contributed by atoms with Gasteiger partial charge in [0.25, 0.3) is 0 Å². The molecule has 3 radical (unpaired) electrons. The van der Waals surface area contributed by atoms with E-state index in [1.807, 2.05) is 0 Å². The van der Waals surface area contributed by atoms with Crippen molar-refractivity contribution in [1.29, 1.82) is 0 Å². The first kappa shape index (κ1) is 57.1. The maximum Gasteiger partial charge on any atom is 1.00 e. The van der Waals surface area contributed by atoms with Crippen LogP contribution in [0, 0.1) is 18.5 Å². The Kier molecular flexibility index (Phi) is 45.2. The van der Waals surface area contributed by atoms with E-state index in [0.717, 1.165) is 18.8 Å². The molecule has 1 fully saturated rings. The summed E-state index contributed by atoms with van der Waals surface area (Å²) in [6.45, 7) is 15.7. The van der Waals surface area contributed by atoms with E-state index in [9.17, 15) is 9.59 Å². The number of terminal acetylenes is 1. The summed E-state index contributed by atoms with van der Waals surface area (Å²) in [5, 5.41) is 26.8. The minimum atomic E-state index is -0.941. The van der Waals surface area contributed by atoms with Crippen LogP contribution in [0.3, 0.4) is 0 Å². The van der Waals surface area contributed by atoms with E-state index < -0.39 is 11.9 Å². The Labute approximate surface area is 334 Å². The van der Waals surface area contributed by atoms with Crippen molar-refractivity contribution in [3.63, 3.8) is 0 Å². The van der Waals surface area contributed by atoms with Gasteiger partial charge in [-0.25, -0.2) is 14.7 Å². The Hall–Kier alpha value is -2.24. The smallest absolute Gasteiger partial charge is 0.478 e. The molecule has 0 spiro atoms. The van der Waals surface area contributed by atoms with Crippen LogP contribution in [0.2, 0.25) is 0 Å². The van der Waals surface area contributed by atoms with Gasteiger partial charge in [-0.3, -0.25) is 10.0 Å². The molecule has 1 aliphatic rings. The predicted octanol–water partition coefficient (Wildman–Crippen LogP) is 8.67. The molecular formula is C34H50Au2BN6O5P2. The third-order valence-corrected chi connectivity index (χ3v) is 12.0. The largest absolute Gasteiger partial charge is 1.00 e. The first-order valence-corrected chi connectivity index (χ1v) is 19.3. The molecule has 1 aromatic heterocycles. The summed E-state index contributed by atoms with van der Waals surface area (Å²) in [5.41, 5.74) is 16.1. The van der Waals surface area contributed by atoms with Gasteiger partial charge in [0.05, 0.1) is 11.1 Å². The quantitative estimate of drug-likeness (QED) is 0.0364. The second-order valence-corrected chi connectivity index (χ2v) is 15.8. The topological polar surface area (TPSA) is 184 Å². The van der Waals surface area contributed by atoms with Gasteiger partial charge in [-0.2, -0.15) is 0 Å². The Morgan fingerprint density at radius 2 is 1.18 bits per heavy atom. The Morgan fingerprint density at radius 1 is 0.820 bits per heavy atom. The van der Waals surface area contributed by atoms with Crippen LogP contribution in [-0.2, 0) is 49.5 Å². The summed E-state index contributed by atoms with van der Waals surface area (Å²) in [6, 6.07) is 12.6. The number of aromatic carboxylic acids is 2. The fourth-order valence-corrected chi connectivity index (χ4v) is 6.33. The summed E-state index contributed by atoms with van der Waals surface area (Å²) >= 11 is 0. The molecule has 0 aliphatic carbocycles. The van der Waals surface area contributed by atoms with Gasteiger partial charge in [-0.05, 0) is 74.1 Å². The number of hydrogen-bond acceptors (Lipinski definition) is 5. The molecular weight excluding hydrogens is 1040 g/mol. The van der Waals surface area contributed by atoms with Gasteiger partial charge in [0.15, 0.2) is 0 Å². The molecule has 0 amide bonds. The summed E-state index contributed by atoms with van der Waals surface area (Å²) < 4.78 is 4.94. The zero-order chi connectivity index (χ0) is 35.9. The monoisotopic (exact) mass is 1090 g/mol. The van der Waals surface area contributed by atoms with Gasteiger partial charge in [-0.15, -0.1) is 40.0 Å². The molecule has 1 saturated heterocycles. The number of carboxylic acids is 2. The van der Waals surface area contributed by atoms with Gasteiger partial charge in [0.2, 0.25) is 0 Å². The van der Waals surface area contributed by atoms with Crippen molar-refractivity contribution < 1.29 is 69.3 Å². The van der Waals surface area contributed by atoms with E-state index in [-0.39, 0.29) is 64.3 Å². The van der Waals surface area contributed by atoms with Crippen molar-refractivity contribution in [3.05, 3.63) is 87.4 Å². The third kappa shape index (κ3) is 29.5. The van der Waals surface area contributed by atoms with E-state index in [0.29, 0.717) is 27.1 Å². The van der Waals surface area contributed by atoms with Crippen LogP contribution < -0.4 is 0 Å². The van der Waals surface area contributed by atoms with Gasteiger partial charge in [-0.1, -0.05) is 76.7 Å². The van der Waals surface area contributed by atoms with Crippen LogP contribution in [0.25, 0.3) is 27.2 Å². The SMILES string of the molecule is C#Cc1ccc(C(=O)O)cc1.C1CCOC1.CCP(CC)CC.CCP(CC)CC.O=C(O)c1ccc(-c2[c-]nn[nH]2)cc1.[Au+].[Au+].[B].[N-]=[N+]=[N-]. The molecule has 0 saturated carbocycles. The van der Waals surface area contributed by atoms with E-state index in [4.69, 9.17) is 32.4 Å². The number of benzene rings is 2. The number of nitrogens with one attached hydrogen (secondary N) is 1. The van der Waals surface area contributed by atoms with Crippen LogP contribution >= 0.6 is 15.8 Å². The zero-order valence-electron chi connectivity index (χ0n) is 29.7. The first-order valence-electron chi connectivity index (χ1n) is 15.6. The number of rotatable bonds is 9. The van der Waals surface area contributed by atoms with Crippen molar-refractivity contribution in [2.45, 2.75) is 54.4 Å². The Morgan fingerprint density at radius 3 is 1.40 bits per heavy atom. The maximum absolute atomic E-state index is 10.6. The first-order chi connectivity index (χ1) is 22.6. The molecule has 281 valence electrons. The van der Waals surface area contributed by atoms with Crippen LogP contribution in [0.15, 0.2) is 48.5 Å². The van der Waals surface area contributed by atoms with Gasteiger partial charge in [0.1, 0.15) is 0 Å². The minimum Gasteiger partial charge on any atom is -0.478 e. The summed E-state index contributed by atoms with van der Waals surface area (Å²) in [7, 11) is 0.892. The van der Waals surface area contributed by atoms with Gasteiger partial charge in [0, 0.05) is 27.2 Å². The van der Waals surface area contributed by atoms with Crippen molar-refractivity contribution in [3.8, 4) is 23.6 Å². The van der Waals surface area contributed by atoms with E-state index in [2.05, 4.69) is 69.1 Å². The van der Waals surface area contributed by atoms with Crippen LogP contribution in [0.1, 0.15) is 80.7 Å². The molecule has 16 heteroatoms. The third-order valence-electron chi connectivity index (χ3n) is 6.60. The standard InChI is InChI=1S/C9H6N3O2.C9H6O2.2C6H15P.C4H8O.2Au.B.N3/c13-9(14)7-3-1-6(2-4-7)8-5-10-12-11-8;1-2-7-3-5-8(6-4-7)9(10)11;2*1-4-7(5-2)6-3;1-2-4-5-3-1;;;;1-3-2/h1-4H,(H,13,14)(H,10,11,12);1,3-6H,(H,10,11);2*4-6H2,1-3H3;1-4H2;;;;/q-1;;;;;2*+1;;-1. The molecule has 3 N–H and O–H groups in total. The average molecular weight is 1090 g/mol. The van der Waals surface area contributed by atoms with Crippen LogP contribution in [0.4, 0.5) is 0 Å². The molecule has 0 atom stereocenters. The van der Waals surface area contributed by atoms with Crippen molar-refractivity contribution in [2.75, 3.05) is 50.2 Å². The number of aromatic amines is 1. The number of aromatic nitrogens is 3. The molecule has 0 unspecified atom stereocenters. The fourth-order valence-electron chi connectivity index (χ4n) is 3.64. The normalized spacial score (nSPS) is 10.1. The molecule has 50 heavy (non-hydrogen) atoms. The van der Waals surface area contributed by atoms with Crippen molar-refractivity contribution in [1.82, 2.24) is 15.4 Å². The molecule has 0 bridgehead atoms. The maximum atomic E-state index is 10.6. The number of carboxylic acid groups (broad SMARTS) is 2.